The SMILES string of the molecule is O=C(N1CCCCC1)N1CCN(c2ncccc2F)CC1. The molecule has 0 bridgehead atoms. The molecule has 2 aliphatic heterocycles. The number of likely N-dealkylation sites (tertiary alicyclic amines) is 1. The van der Waals surface area contributed by atoms with Crippen LogP contribution in [-0.2, 0) is 0 Å². The van der Waals surface area contributed by atoms with Crippen molar-refractivity contribution in [3.05, 3.63) is 24.1 Å². The minimum Gasteiger partial charge on any atom is -0.351 e. The molecule has 3 heterocycles. The van der Waals surface area contributed by atoms with Gasteiger partial charge >= 0.3 is 6.03 Å². The second kappa shape index (κ2) is 6.28. The van der Waals surface area contributed by atoms with Crippen LogP contribution in [0.25, 0.3) is 0 Å². The number of hydrogen-bond acceptors (Lipinski definition) is 3. The molecule has 1 aromatic heterocycles. The van der Waals surface area contributed by atoms with E-state index in [1.807, 2.05) is 14.7 Å². The van der Waals surface area contributed by atoms with Crippen LogP contribution in [0.4, 0.5) is 15.0 Å². The van der Waals surface area contributed by atoms with Gasteiger partial charge in [0.25, 0.3) is 0 Å². The van der Waals surface area contributed by atoms with Gasteiger partial charge in [0.1, 0.15) is 0 Å². The Hall–Kier alpha value is -1.85. The van der Waals surface area contributed by atoms with Gasteiger partial charge in [-0.2, -0.15) is 0 Å². The highest BCUT2D eigenvalue weighted by molar-refractivity contribution is 5.75. The zero-order valence-corrected chi connectivity index (χ0v) is 12.2. The molecule has 2 amide bonds. The Morgan fingerprint density at radius 2 is 1.67 bits per heavy atom. The van der Waals surface area contributed by atoms with Gasteiger partial charge in [-0.25, -0.2) is 14.2 Å². The monoisotopic (exact) mass is 292 g/mol. The molecule has 3 rings (SSSR count). The van der Waals surface area contributed by atoms with Crippen LogP contribution in [0.15, 0.2) is 18.3 Å². The lowest BCUT2D eigenvalue weighted by Crippen LogP contribution is -2.54. The summed E-state index contributed by atoms with van der Waals surface area (Å²) in [5.74, 6) is 0.0934. The molecule has 0 N–H and O–H groups in total. The molecule has 2 aliphatic rings. The van der Waals surface area contributed by atoms with Gasteiger partial charge in [-0.15, -0.1) is 0 Å². The van der Waals surface area contributed by atoms with Crippen LogP contribution in [0.2, 0.25) is 0 Å². The first-order valence-corrected chi connectivity index (χ1v) is 7.65. The van der Waals surface area contributed by atoms with E-state index in [0.29, 0.717) is 32.0 Å². The van der Waals surface area contributed by atoms with E-state index in [-0.39, 0.29) is 11.8 Å². The highest BCUT2D eigenvalue weighted by Gasteiger charge is 2.27. The molecule has 0 radical (unpaired) electrons. The normalized spacial score (nSPS) is 19.8. The van der Waals surface area contributed by atoms with Crippen molar-refractivity contribution in [2.24, 2.45) is 0 Å². The predicted molar refractivity (Wildman–Crippen MR) is 78.8 cm³/mol. The number of carbonyl (C=O) groups excluding carboxylic acids is 1. The smallest absolute Gasteiger partial charge is 0.320 e. The number of carbonyl (C=O) groups is 1. The third-order valence-electron chi connectivity index (χ3n) is 4.22. The molecule has 5 nitrogen and oxygen atoms in total. The van der Waals surface area contributed by atoms with E-state index in [0.717, 1.165) is 25.9 Å². The highest BCUT2D eigenvalue weighted by Crippen LogP contribution is 2.18. The van der Waals surface area contributed by atoms with Gasteiger partial charge in [0.15, 0.2) is 11.6 Å². The molecule has 114 valence electrons. The van der Waals surface area contributed by atoms with Crippen molar-refractivity contribution in [2.75, 3.05) is 44.2 Å². The van der Waals surface area contributed by atoms with Gasteiger partial charge in [0.2, 0.25) is 0 Å². The number of hydrogen-bond donors (Lipinski definition) is 0. The average Bonchev–Trinajstić information content (AvgIpc) is 2.56. The summed E-state index contributed by atoms with van der Waals surface area (Å²) in [6.07, 6.45) is 5.02. The first-order valence-electron chi connectivity index (χ1n) is 7.65. The lowest BCUT2D eigenvalue weighted by Gasteiger charge is -2.39. The number of urea groups is 1. The third-order valence-corrected chi connectivity index (χ3v) is 4.22. The number of amides is 2. The van der Waals surface area contributed by atoms with Crippen LogP contribution in [0.5, 0.6) is 0 Å². The molecule has 0 spiro atoms. The number of piperazine rings is 1. The molecule has 0 aliphatic carbocycles. The standard InChI is InChI=1S/C15H21FN4O/c16-13-5-4-6-17-14(13)18-9-11-20(12-10-18)15(21)19-7-2-1-3-8-19/h4-6H,1-3,7-12H2. The second-order valence-electron chi connectivity index (χ2n) is 5.61. The summed E-state index contributed by atoms with van der Waals surface area (Å²) in [4.78, 5) is 22.2. The Kier molecular flexibility index (Phi) is 4.22. The van der Waals surface area contributed by atoms with Crippen molar-refractivity contribution in [1.29, 1.82) is 0 Å². The van der Waals surface area contributed by atoms with Gasteiger partial charge < -0.3 is 14.7 Å². The lowest BCUT2D eigenvalue weighted by atomic mass is 10.1. The number of anilines is 1. The summed E-state index contributed by atoms with van der Waals surface area (Å²) >= 11 is 0. The molecule has 21 heavy (non-hydrogen) atoms. The predicted octanol–water partition coefficient (Wildman–Crippen LogP) is 1.95. The second-order valence-corrected chi connectivity index (χ2v) is 5.61. The summed E-state index contributed by atoms with van der Waals surface area (Å²) in [5, 5.41) is 0. The molecular weight excluding hydrogens is 271 g/mol. The van der Waals surface area contributed by atoms with Crippen molar-refractivity contribution in [1.82, 2.24) is 14.8 Å². The quantitative estimate of drug-likeness (QED) is 0.794. The maximum Gasteiger partial charge on any atom is 0.320 e. The van der Waals surface area contributed by atoms with Crippen molar-refractivity contribution >= 4 is 11.8 Å². The summed E-state index contributed by atoms with van der Waals surface area (Å²) in [6, 6.07) is 3.15. The number of nitrogens with zero attached hydrogens (tertiary/aromatic N) is 4. The van der Waals surface area contributed by atoms with Gasteiger partial charge in [-0.1, -0.05) is 0 Å². The van der Waals surface area contributed by atoms with E-state index >= 15 is 0 Å². The van der Waals surface area contributed by atoms with Crippen molar-refractivity contribution < 1.29 is 9.18 Å². The summed E-state index contributed by atoms with van der Waals surface area (Å²) in [6.45, 7) is 4.26. The summed E-state index contributed by atoms with van der Waals surface area (Å²) in [5.41, 5.74) is 0. The molecule has 0 aromatic carbocycles. The topological polar surface area (TPSA) is 39.7 Å². The molecule has 0 unspecified atom stereocenters. The Labute approximate surface area is 124 Å². The Bertz CT molecular complexity index is 496. The van der Waals surface area contributed by atoms with Crippen LogP contribution in [0.3, 0.4) is 0 Å². The zero-order chi connectivity index (χ0) is 14.7. The van der Waals surface area contributed by atoms with E-state index in [4.69, 9.17) is 0 Å². The number of piperidine rings is 1. The third kappa shape index (κ3) is 3.09. The molecule has 1 aromatic rings. The zero-order valence-electron chi connectivity index (χ0n) is 12.2. The van der Waals surface area contributed by atoms with Crippen LogP contribution in [0.1, 0.15) is 19.3 Å². The maximum absolute atomic E-state index is 13.7. The number of halogens is 1. The maximum atomic E-state index is 13.7. The van der Waals surface area contributed by atoms with Crippen molar-refractivity contribution in [2.45, 2.75) is 19.3 Å². The first-order chi connectivity index (χ1) is 10.3. The van der Waals surface area contributed by atoms with Gasteiger partial charge in [-0.3, -0.25) is 0 Å². The number of pyridine rings is 1. The largest absolute Gasteiger partial charge is 0.351 e. The fourth-order valence-electron chi connectivity index (χ4n) is 3.00. The van der Waals surface area contributed by atoms with E-state index in [2.05, 4.69) is 4.98 Å². The average molecular weight is 292 g/mol. The Balaban J connectivity index is 1.57. The van der Waals surface area contributed by atoms with E-state index in [1.165, 1.54) is 12.5 Å². The molecule has 0 saturated carbocycles. The van der Waals surface area contributed by atoms with E-state index in [1.54, 1.807) is 12.3 Å². The molecule has 6 heteroatoms. The fraction of sp³-hybridized carbons (Fsp3) is 0.600. The molecular formula is C15H21FN4O. The molecule has 0 atom stereocenters. The Morgan fingerprint density at radius 1 is 1.00 bits per heavy atom. The van der Waals surface area contributed by atoms with Crippen LogP contribution in [-0.4, -0.2) is 60.1 Å². The van der Waals surface area contributed by atoms with E-state index in [9.17, 15) is 9.18 Å². The van der Waals surface area contributed by atoms with E-state index < -0.39 is 0 Å². The fourth-order valence-corrected chi connectivity index (χ4v) is 3.00. The van der Waals surface area contributed by atoms with Gasteiger partial charge in [0, 0.05) is 45.5 Å². The van der Waals surface area contributed by atoms with Crippen LogP contribution < -0.4 is 4.90 Å². The number of aromatic nitrogens is 1. The van der Waals surface area contributed by atoms with Crippen LogP contribution >= 0.6 is 0 Å². The van der Waals surface area contributed by atoms with Crippen LogP contribution in [0, 0.1) is 5.82 Å². The summed E-state index contributed by atoms with van der Waals surface area (Å²) in [7, 11) is 0. The minimum absolute atomic E-state index is 0.135. The van der Waals surface area contributed by atoms with Gasteiger partial charge in [0.05, 0.1) is 0 Å². The van der Waals surface area contributed by atoms with Crippen molar-refractivity contribution in [3.8, 4) is 0 Å². The first kappa shape index (κ1) is 14.1. The van der Waals surface area contributed by atoms with Crippen molar-refractivity contribution in [3.63, 3.8) is 0 Å². The number of rotatable bonds is 1. The minimum atomic E-state index is -0.298. The summed E-state index contributed by atoms with van der Waals surface area (Å²) < 4.78 is 13.7. The Morgan fingerprint density at radius 3 is 2.33 bits per heavy atom. The molecule has 2 fully saturated rings. The molecule has 2 saturated heterocycles. The van der Waals surface area contributed by atoms with Gasteiger partial charge in [-0.05, 0) is 31.4 Å². The lowest BCUT2D eigenvalue weighted by molar-refractivity contribution is 0.141. The highest BCUT2D eigenvalue weighted by atomic mass is 19.1.